The lowest BCUT2D eigenvalue weighted by Crippen LogP contribution is -2.51. The molecule has 1 aromatic rings. The molecule has 0 aromatic heterocycles. The van der Waals surface area contributed by atoms with Crippen LogP contribution in [0.3, 0.4) is 0 Å². The van der Waals surface area contributed by atoms with E-state index in [2.05, 4.69) is 5.32 Å². The highest BCUT2D eigenvalue weighted by Gasteiger charge is 2.27. The fourth-order valence-electron chi connectivity index (χ4n) is 2.42. The summed E-state index contributed by atoms with van der Waals surface area (Å²) in [5.74, 6) is 0.499. The number of nitrogens with one attached hydrogen (secondary N) is 1. The average molecular weight is 328 g/mol. The Bertz CT molecular complexity index is 507. The maximum atomic E-state index is 12.1. The monoisotopic (exact) mass is 327 g/mol. The topological polar surface area (TPSA) is 56.8 Å². The molecule has 22 heavy (non-hydrogen) atoms. The molecule has 122 valence electrons. The van der Waals surface area contributed by atoms with E-state index in [9.17, 15) is 4.79 Å². The highest BCUT2D eigenvalue weighted by molar-refractivity contribution is 6.30. The smallest absolute Gasteiger partial charge is 0.258 e. The van der Waals surface area contributed by atoms with E-state index in [0.29, 0.717) is 30.6 Å². The van der Waals surface area contributed by atoms with Gasteiger partial charge in [0.2, 0.25) is 0 Å². The van der Waals surface area contributed by atoms with Gasteiger partial charge in [0.25, 0.3) is 5.91 Å². The van der Waals surface area contributed by atoms with Gasteiger partial charge in [0.1, 0.15) is 11.9 Å². The standard InChI is InChI=1S/C16H22ClNO4/c1-3-21-15-9-20-7-6-13(15)18-16(19)10-22-14-5-4-12(17)8-11(14)2/h4-5,8,13,15H,3,6-7,9-10H2,1-2H3,(H,18,19)/t13-,15-/m1/s1. The lowest BCUT2D eigenvalue weighted by molar-refractivity contribution is -0.127. The maximum absolute atomic E-state index is 12.1. The Kier molecular flexibility index (Phi) is 6.49. The number of benzene rings is 1. The van der Waals surface area contributed by atoms with Gasteiger partial charge in [0, 0.05) is 18.2 Å². The second kappa shape index (κ2) is 8.36. The van der Waals surface area contributed by atoms with Gasteiger partial charge in [-0.3, -0.25) is 4.79 Å². The Morgan fingerprint density at radius 2 is 2.32 bits per heavy atom. The summed E-state index contributed by atoms with van der Waals surface area (Å²) in [6.07, 6.45) is 0.649. The molecule has 1 aromatic carbocycles. The van der Waals surface area contributed by atoms with Crippen LogP contribution in [0, 0.1) is 6.92 Å². The number of aryl methyl sites for hydroxylation is 1. The summed E-state index contributed by atoms with van der Waals surface area (Å²) in [5.41, 5.74) is 0.901. The number of hydrogen-bond acceptors (Lipinski definition) is 4. The van der Waals surface area contributed by atoms with Crippen molar-refractivity contribution in [1.82, 2.24) is 5.32 Å². The zero-order valence-corrected chi connectivity index (χ0v) is 13.7. The zero-order valence-electron chi connectivity index (χ0n) is 12.9. The van der Waals surface area contributed by atoms with Crippen LogP contribution in [-0.2, 0) is 14.3 Å². The summed E-state index contributed by atoms with van der Waals surface area (Å²) in [5, 5.41) is 3.61. The van der Waals surface area contributed by atoms with Crippen molar-refractivity contribution < 1.29 is 19.0 Å². The van der Waals surface area contributed by atoms with Gasteiger partial charge in [-0.2, -0.15) is 0 Å². The molecule has 0 radical (unpaired) electrons. The molecule has 1 saturated heterocycles. The van der Waals surface area contributed by atoms with Crippen molar-refractivity contribution in [2.45, 2.75) is 32.4 Å². The first kappa shape index (κ1) is 17.1. The summed E-state index contributed by atoms with van der Waals surface area (Å²) in [7, 11) is 0. The van der Waals surface area contributed by atoms with Gasteiger partial charge in [-0.05, 0) is 44.0 Å². The van der Waals surface area contributed by atoms with Gasteiger partial charge in [-0.15, -0.1) is 0 Å². The first-order chi connectivity index (χ1) is 10.6. The molecular weight excluding hydrogens is 306 g/mol. The first-order valence-corrected chi connectivity index (χ1v) is 7.85. The van der Waals surface area contributed by atoms with Crippen LogP contribution in [-0.4, -0.2) is 44.5 Å². The predicted octanol–water partition coefficient (Wildman–Crippen LogP) is 2.34. The maximum Gasteiger partial charge on any atom is 0.258 e. The van der Waals surface area contributed by atoms with Crippen molar-refractivity contribution in [3.8, 4) is 5.75 Å². The number of amides is 1. The molecule has 2 atom stereocenters. The minimum atomic E-state index is -0.161. The molecule has 0 unspecified atom stereocenters. The molecule has 5 nitrogen and oxygen atoms in total. The van der Waals surface area contributed by atoms with Crippen LogP contribution >= 0.6 is 11.6 Å². The molecule has 0 saturated carbocycles. The molecule has 1 aliphatic rings. The lowest BCUT2D eigenvalue weighted by Gasteiger charge is -2.31. The van der Waals surface area contributed by atoms with E-state index < -0.39 is 0 Å². The third kappa shape index (κ3) is 4.87. The normalized spacial score (nSPS) is 21.4. The summed E-state index contributed by atoms with van der Waals surface area (Å²) in [6, 6.07) is 5.28. The van der Waals surface area contributed by atoms with Crippen LogP contribution in [0.1, 0.15) is 18.9 Å². The van der Waals surface area contributed by atoms with Gasteiger partial charge in [-0.1, -0.05) is 11.6 Å². The number of carbonyl (C=O) groups excluding carboxylic acids is 1. The Labute approximate surface area is 135 Å². The summed E-state index contributed by atoms with van der Waals surface area (Å²) >= 11 is 5.89. The van der Waals surface area contributed by atoms with Crippen LogP contribution < -0.4 is 10.1 Å². The Morgan fingerprint density at radius 1 is 1.50 bits per heavy atom. The molecular formula is C16H22ClNO4. The highest BCUT2D eigenvalue weighted by Crippen LogP contribution is 2.21. The average Bonchev–Trinajstić information content (AvgIpc) is 2.48. The Morgan fingerprint density at radius 3 is 3.05 bits per heavy atom. The predicted molar refractivity (Wildman–Crippen MR) is 84.5 cm³/mol. The van der Waals surface area contributed by atoms with Crippen molar-refractivity contribution in [3.63, 3.8) is 0 Å². The van der Waals surface area contributed by atoms with E-state index in [1.165, 1.54) is 0 Å². The second-order valence-corrected chi connectivity index (χ2v) is 5.67. The fraction of sp³-hybridized carbons (Fsp3) is 0.562. The number of carbonyl (C=O) groups is 1. The van der Waals surface area contributed by atoms with Crippen molar-refractivity contribution in [3.05, 3.63) is 28.8 Å². The van der Waals surface area contributed by atoms with Crippen LogP contribution in [0.25, 0.3) is 0 Å². The van der Waals surface area contributed by atoms with E-state index in [4.69, 9.17) is 25.8 Å². The van der Waals surface area contributed by atoms with E-state index in [0.717, 1.165) is 12.0 Å². The molecule has 6 heteroatoms. The van der Waals surface area contributed by atoms with Gasteiger partial charge in [0.05, 0.1) is 12.6 Å². The molecule has 1 heterocycles. The van der Waals surface area contributed by atoms with Crippen LogP contribution in [0.2, 0.25) is 5.02 Å². The largest absolute Gasteiger partial charge is 0.484 e. The molecule has 1 N–H and O–H groups in total. The molecule has 0 spiro atoms. The molecule has 0 bridgehead atoms. The summed E-state index contributed by atoms with van der Waals surface area (Å²) < 4.78 is 16.5. The molecule has 0 aliphatic carbocycles. The number of hydrogen-bond donors (Lipinski definition) is 1. The van der Waals surface area contributed by atoms with Crippen LogP contribution in [0.4, 0.5) is 0 Å². The number of rotatable bonds is 6. The van der Waals surface area contributed by atoms with Crippen molar-refractivity contribution in [1.29, 1.82) is 0 Å². The Balaban J connectivity index is 1.84. The van der Waals surface area contributed by atoms with Gasteiger partial charge in [-0.25, -0.2) is 0 Å². The molecule has 2 rings (SSSR count). The summed E-state index contributed by atoms with van der Waals surface area (Å²) in [6.45, 7) is 5.53. The third-order valence-electron chi connectivity index (χ3n) is 3.53. The van der Waals surface area contributed by atoms with Crippen molar-refractivity contribution in [2.24, 2.45) is 0 Å². The van der Waals surface area contributed by atoms with Gasteiger partial charge in [0.15, 0.2) is 6.61 Å². The minimum Gasteiger partial charge on any atom is -0.484 e. The van der Waals surface area contributed by atoms with E-state index >= 15 is 0 Å². The fourth-order valence-corrected chi connectivity index (χ4v) is 2.65. The van der Waals surface area contributed by atoms with Crippen molar-refractivity contribution in [2.75, 3.05) is 26.4 Å². The van der Waals surface area contributed by atoms with Gasteiger partial charge >= 0.3 is 0 Å². The van der Waals surface area contributed by atoms with E-state index in [-0.39, 0.29) is 24.7 Å². The van der Waals surface area contributed by atoms with E-state index in [1.807, 2.05) is 13.8 Å². The third-order valence-corrected chi connectivity index (χ3v) is 3.76. The molecule has 1 amide bonds. The van der Waals surface area contributed by atoms with Crippen LogP contribution in [0.15, 0.2) is 18.2 Å². The first-order valence-electron chi connectivity index (χ1n) is 7.47. The SMILES string of the molecule is CCO[C@@H]1COCC[C@H]1NC(=O)COc1ccc(Cl)cc1C. The van der Waals surface area contributed by atoms with Crippen molar-refractivity contribution >= 4 is 17.5 Å². The van der Waals surface area contributed by atoms with Crippen LogP contribution in [0.5, 0.6) is 5.75 Å². The molecule has 1 aliphatic heterocycles. The zero-order chi connectivity index (χ0) is 15.9. The highest BCUT2D eigenvalue weighted by atomic mass is 35.5. The second-order valence-electron chi connectivity index (χ2n) is 5.23. The van der Waals surface area contributed by atoms with Gasteiger partial charge < -0.3 is 19.5 Å². The number of ether oxygens (including phenoxy) is 3. The lowest BCUT2D eigenvalue weighted by atomic mass is 10.1. The quantitative estimate of drug-likeness (QED) is 0.871. The summed E-state index contributed by atoms with van der Waals surface area (Å²) in [4.78, 5) is 12.1. The number of halogens is 1. The van der Waals surface area contributed by atoms with E-state index in [1.54, 1.807) is 18.2 Å². The molecule has 1 fully saturated rings. The minimum absolute atomic E-state index is 0.0291. The Hall–Kier alpha value is -1.30.